The van der Waals surface area contributed by atoms with Crippen molar-refractivity contribution in [2.24, 2.45) is 0 Å². The molecule has 4 rings (SSSR count). The van der Waals surface area contributed by atoms with E-state index in [1.54, 1.807) is 11.3 Å². The SMILES string of the molecule is Cc1nn(CC(=O)NCCCN2CCCC2=O)c(=O)c2c1sc1ccccc12. The van der Waals surface area contributed by atoms with E-state index in [9.17, 15) is 14.4 Å². The van der Waals surface area contributed by atoms with Crippen LogP contribution in [0, 0.1) is 6.92 Å². The number of hydrogen-bond acceptors (Lipinski definition) is 5. The van der Waals surface area contributed by atoms with E-state index < -0.39 is 0 Å². The van der Waals surface area contributed by atoms with Crippen LogP contribution in [-0.4, -0.2) is 46.1 Å². The molecule has 0 spiro atoms. The number of carbonyl (C=O) groups excluding carboxylic acids is 2. The summed E-state index contributed by atoms with van der Waals surface area (Å²) in [6, 6.07) is 7.77. The molecule has 1 aliphatic heterocycles. The highest BCUT2D eigenvalue weighted by Gasteiger charge is 2.19. The number of likely N-dealkylation sites (tertiary alicyclic amines) is 1. The van der Waals surface area contributed by atoms with Gasteiger partial charge in [0.1, 0.15) is 6.54 Å². The van der Waals surface area contributed by atoms with Crippen molar-refractivity contribution in [2.75, 3.05) is 19.6 Å². The van der Waals surface area contributed by atoms with Crippen LogP contribution in [0.1, 0.15) is 25.0 Å². The molecule has 2 aromatic heterocycles. The maximum atomic E-state index is 12.9. The highest BCUT2D eigenvalue weighted by Crippen LogP contribution is 2.32. The second-order valence-corrected chi connectivity index (χ2v) is 8.09. The number of fused-ring (bicyclic) bond motifs is 3. The monoisotopic (exact) mass is 398 g/mol. The molecular weight excluding hydrogens is 376 g/mol. The van der Waals surface area contributed by atoms with Crippen LogP contribution in [0.2, 0.25) is 0 Å². The van der Waals surface area contributed by atoms with Crippen LogP contribution in [0.15, 0.2) is 29.1 Å². The molecule has 1 saturated heterocycles. The number of rotatable bonds is 6. The van der Waals surface area contributed by atoms with Crippen molar-refractivity contribution < 1.29 is 9.59 Å². The molecule has 1 aromatic carbocycles. The summed E-state index contributed by atoms with van der Waals surface area (Å²) >= 11 is 1.55. The minimum Gasteiger partial charge on any atom is -0.354 e. The zero-order chi connectivity index (χ0) is 19.7. The van der Waals surface area contributed by atoms with Crippen molar-refractivity contribution in [3.63, 3.8) is 0 Å². The second kappa shape index (κ2) is 7.71. The van der Waals surface area contributed by atoms with Gasteiger partial charge in [0.05, 0.1) is 15.8 Å². The van der Waals surface area contributed by atoms with Crippen molar-refractivity contribution in [2.45, 2.75) is 32.7 Å². The molecule has 0 radical (unpaired) electrons. The maximum Gasteiger partial charge on any atom is 0.276 e. The molecule has 0 saturated carbocycles. The lowest BCUT2D eigenvalue weighted by atomic mass is 10.2. The number of nitrogens with one attached hydrogen (secondary N) is 1. The third-order valence-corrected chi connectivity index (χ3v) is 6.31. The van der Waals surface area contributed by atoms with Crippen molar-refractivity contribution in [1.29, 1.82) is 0 Å². The fraction of sp³-hybridized carbons (Fsp3) is 0.400. The molecule has 146 valence electrons. The van der Waals surface area contributed by atoms with E-state index in [0.29, 0.717) is 31.3 Å². The van der Waals surface area contributed by atoms with Crippen molar-refractivity contribution in [1.82, 2.24) is 20.0 Å². The number of hydrogen-bond donors (Lipinski definition) is 1. The Morgan fingerprint density at radius 1 is 1.29 bits per heavy atom. The van der Waals surface area contributed by atoms with E-state index >= 15 is 0 Å². The van der Waals surface area contributed by atoms with Gasteiger partial charge in [-0.2, -0.15) is 5.10 Å². The van der Waals surface area contributed by atoms with Crippen LogP contribution in [0.25, 0.3) is 20.2 Å². The summed E-state index contributed by atoms with van der Waals surface area (Å²) in [4.78, 5) is 38.6. The fourth-order valence-electron chi connectivity index (χ4n) is 3.65. The van der Waals surface area contributed by atoms with Crippen LogP contribution >= 0.6 is 11.3 Å². The quantitative estimate of drug-likeness (QED) is 0.644. The van der Waals surface area contributed by atoms with E-state index in [0.717, 1.165) is 33.4 Å². The molecule has 3 heterocycles. The van der Waals surface area contributed by atoms with Crippen LogP contribution in [0.5, 0.6) is 0 Å². The molecule has 0 bridgehead atoms. The number of aryl methyl sites for hydroxylation is 1. The molecule has 0 unspecified atom stereocenters. The van der Waals surface area contributed by atoms with Crippen LogP contribution in [-0.2, 0) is 16.1 Å². The Morgan fingerprint density at radius 3 is 2.89 bits per heavy atom. The van der Waals surface area contributed by atoms with Crippen molar-refractivity contribution in [3.05, 3.63) is 40.3 Å². The number of benzene rings is 1. The normalized spacial score (nSPS) is 14.3. The third kappa shape index (κ3) is 3.52. The molecule has 7 nitrogen and oxygen atoms in total. The molecule has 0 atom stereocenters. The topological polar surface area (TPSA) is 84.3 Å². The summed E-state index contributed by atoms with van der Waals surface area (Å²) in [5.41, 5.74) is 0.506. The molecular formula is C20H22N4O3S. The number of thiophene rings is 1. The summed E-state index contributed by atoms with van der Waals surface area (Å²) in [5.74, 6) is -0.0607. The minimum absolute atomic E-state index is 0.109. The van der Waals surface area contributed by atoms with Crippen LogP contribution < -0.4 is 10.9 Å². The van der Waals surface area contributed by atoms with Crippen LogP contribution in [0.4, 0.5) is 0 Å². The zero-order valence-corrected chi connectivity index (χ0v) is 16.6. The second-order valence-electron chi connectivity index (χ2n) is 7.04. The lowest BCUT2D eigenvalue weighted by Crippen LogP contribution is -2.35. The van der Waals surface area contributed by atoms with Crippen molar-refractivity contribution in [3.8, 4) is 0 Å². The molecule has 2 amide bonds. The molecule has 8 heteroatoms. The molecule has 3 aromatic rings. The van der Waals surface area contributed by atoms with Gasteiger partial charge in [-0.3, -0.25) is 14.4 Å². The first-order chi connectivity index (χ1) is 13.5. The van der Waals surface area contributed by atoms with E-state index in [4.69, 9.17) is 0 Å². The lowest BCUT2D eigenvalue weighted by molar-refractivity contribution is -0.127. The molecule has 1 N–H and O–H groups in total. The minimum atomic E-state index is -0.249. The Hall–Kier alpha value is -2.74. The first-order valence-electron chi connectivity index (χ1n) is 9.48. The summed E-state index contributed by atoms with van der Waals surface area (Å²) in [6.07, 6.45) is 2.24. The third-order valence-electron chi connectivity index (χ3n) is 5.03. The van der Waals surface area contributed by atoms with Gasteiger partial charge in [-0.1, -0.05) is 18.2 Å². The molecule has 1 fully saturated rings. The van der Waals surface area contributed by atoms with Gasteiger partial charge < -0.3 is 10.2 Å². The zero-order valence-electron chi connectivity index (χ0n) is 15.7. The highest BCUT2D eigenvalue weighted by atomic mass is 32.1. The van der Waals surface area contributed by atoms with E-state index in [1.807, 2.05) is 36.1 Å². The van der Waals surface area contributed by atoms with Gasteiger partial charge in [0.15, 0.2) is 0 Å². The number of carbonyl (C=O) groups is 2. The summed E-state index contributed by atoms with van der Waals surface area (Å²) in [7, 11) is 0. The molecule has 1 aliphatic rings. The Bertz CT molecular complexity index is 1120. The molecule has 28 heavy (non-hydrogen) atoms. The van der Waals surface area contributed by atoms with E-state index in [1.165, 1.54) is 4.68 Å². The summed E-state index contributed by atoms with van der Waals surface area (Å²) in [5, 5.41) is 8.70. The van der Waals surface area contributed by atoms with Gasteiger partial charge in [0, 0.05) is 36.1 Å². The van der Waals surface area contributed by atoms with Gasteiger partial charge in [0.25, 0.3) is 5.56 Å². The fourth-order valence-corrected chi connectivity index (χ4v) is 4.79. The summed E-state index contributed by atoms with van der Waals surface area (Å²) < 4.78 is 3.16. The predicted octanol–water partition coefficient (Wildman–Crippen LogP) is 2.05. The first kappa shape index (κ1) is 18.6. The average molecular weight is 398 g/mol. The van der Waals surface area contributed by atoms with Crippen LogP contribution in [0.3, 0.4) is 0 Å². The highest BCUT2D eigenvalue weighted by molar-refractivity contribution is 7.26. The van der Waals surface area contributed by atoms with Gasteiger partial charge in [0.2, 0.25) is 11.8 Å². The van der Waals surface area contributed by atoms with Gasteiger partial charge in [-0.25, -0.2) is 4.68 Å². The Labute approximate surface area is 165 Å². The van der Waals surface area contributed by atoms with Crippen molar-refractivity contribution >= 4 is 43.3 Å². The Balaban J connectivity index is 1.44. The smallest absolute Gasteiger partial charge is 0.276 e. The standard InChI is InChI=1S/C20H22N4O3S/c1-13-19-18(14-6-2-3-7-15(14)28-19)20(27)24(22-13)12-16(25)21-9-5-11-23-10-4-8-17(23)26/h2-3,6-7H,4-5,8-12H2,1H3,(H,21,25). The Kier molecular flexibility index (Phi) is 5.13. The maximum absolute atomic E-state index is 12.9. The van der Waals surface area contributed by atoms with Gasteiger partial charge >= 0.3 is 0 Å². The number of aromatic nitrogens is 2. The van der Waals surface area contributed by atoms with E-state index in [-0.39, 0.29) is 23.9 Å². The predicted molar refractivity (Wildman–Crippen MR) is 110 cm³/mol. The van der Waals surface area contributed by atoms with Gasteiger partial charge in [-0.05, 0) is 25.8 Å². The summed E-state index contributed by atoms with van der Waals surface area (Å²) in [6.45, 7) is 3.68. The molecule has 0 aliphatic carbocycles. The Morgan fingerprint density at radius 2 is 2.11 bits per heavy atom. The average Bonchev–Trinajstić information content (AvgIpc) is 3.27. The number of nitrogens with zero attached hydrogens (tertiary/aromatic N) is 3. The van der Waals surface area contributed by atoms with Gasteiger partial charge in [-0.15, -0.1) is 11.3 Å². The lowest BCUT2D eigenvalue weighted by Gasteiger charge is -2.15. The number of amides is 2. The largest absolute Gasteiger partial charge is 0.354 e. The van der Waals surface area contributed by atoms with E-state index in [2.05, 4.69) is 10.4 Å². The first-order valence-corrected chi connectivity index (χ1v) is 10.3.